The van der Waals surface area contributed by atoms with Gasteiger partial charge in [-0.05, 0) is 74.3 Å². The first-order valence-electron chi connectivity index (χ1n) is 9.99. The molecule has 4 rings (SSSR count). The molecule has 0 unspecified atom stereocenters. The average molecular weight is 601 g/mol. The SMILES string of the molecule is CC1=C[PH+](c2ccccc2)C=C1C.CC1=C[PH+](c2ccccc2)C=C1C.N#C[S-].N#C[S-].[Pd+2]. The van der Waals surface area contributed by atoms with Crippen LogP contribution >= 0.6 is 15.8 Å². The summed E-state index contributed by atoms with van der Waals surface area (Å²) in [6.07, 6.45) is 0. The Kier molecular flexibility index (Phi) is 16.9. The molecule has 2 aliphatic heterocycles. The van der Waals surface area contributed by atoms with E-state index in [2.05, 4.69) is 137 Å². The van der Waals surface area contributed by atoms with Crippen molar-refractivity contribution < 1.29 is 20.4 Å². The van der Waals surface area contributed by atoms with Gasteiger partial charge in [-0.3, -0.25) is 0 Å². The molecule has 0 spiro atoms. The van der Waals surface area contributed by atoms with Gasteiger partial charge in [0, 0.05) is 0 Å². The molecule has 2 aromatic carbocycles. The van der Waals surface area contributed by atoms with Crippen LogP contribution < -0.4 is 10.6 Å². The molecule has 7 heteroatoms. The van der Waals surface area contributed by atoms with Gasteiger partial charge in [-0.2, -0.15) is 0 Å². The van der Waals surface area contributed by atoms with Crippen molar-refractivity contribution in [3.05, 3.63) is 106 Å². The van der Waals surface area contributed by atoms with Crippen LogP contribution in [-0.4, -0.2) is 0 Å². The fourth-order valence-electron chi connectivity index (χ4n) is 3.07. The molecule has 172 valence electrons. The Hall–Kier alpha value is -1.66. The summed E-state index contributed by atoms with van der Waals surface area (Å²) >= 11 is 7.40. The monoisotopic (exact) mass is 600 g/mol. The van der Waals surface area contributed by atoms with E-state index < -0.39 is 15.8 Å². The minimum Gasteiger partial charge on any atom is -0.696 e. The van der Waals surface area contributed by atoms with Crippen LogP contribution in [0.5, 0.6) is 0 Å². The van der Waals surface area contributed by atoms with E-state index >= 15 is 0 Å². The molecule has 33 heavy (non-hydrogen) atoms. The molecule has 0 fully saturated rings. The van der Waals surface area contributed by atoms with Gasteiger partial charge < -0.3 is 25.3 Å². The molecule has 0 bridgehead atoms. The topological polar surface area (TPSA) is 47.6 Å². The zero-order valence-electron chi connectivity index (χ0n) is 19.1. The fraction of sp³-hybridized carbons (Fsp3) is 0.154. The summed E-state index contributed by atoms with van der Waals surface area (Å²) in [6.45, 7) is 8.80. The summed E-state index contributed by atoms with van der Waals surface area (Å²) in [5.41, 5.74) is 5.82. The number of allylic oxidation sites excluding steroid dienone is 4. The van der Waals surface area contributed by atoms with Crippen LogP contribution in [0.4, 0.5) is 0 Å². The second-order valence-electron chi connectivity index (χ2n) is 7.13. The molecule has 2 nitrogen and oxygen atoms in total. The third-order valence-electron chi connectivity index (χ3n) is 4.95. The summed E-state index contributed by atoms with van der Waals surface area (Å²) in [7, 11) is -1.02. The maximum absolute atomic E-state index is 7.13. The van der Waals surface area contributed by atoms with Crippen molar-refractivity contribution in [3.63, 3.8) is 0 Å². The van der Waals surface area contributed by atoms with E-state index in [0.29, 0.717) is 0 Å². The Morgan fingerprint density at radius 1 is 0.545 bits per heavy atom. The first-order chi connectivity index (χ1) is 15.4. The number of nitriles is 2. The van der Waals surface area contributed by atoms with Gasteiger partial charge in [-0.25, -0.2) is 10.5 Å². The standard InChI is InChI=1S/2C12H13P.2CHNS.Pd/c2*1-10-8-13(9-11(10)2)12-6-4-3-5-7-12;2*2-1-3;/h2*3-9H,1-2H3;2*3H;/q;;;;+2. The third-order valence-corrected chi connectivity index (χ3v) is 9.92. The van der Waals surface area contributed by atoms with E-state index in [4.69, 9.17) is 10.5 Å². The van der Waals surface area contributed by atoms with Crippen molar-refractivity contribution in [2.45, 2.75) is 27.7 Å². The van der Waals surface area contributed by atoms with Gasteiger partial charge in [0.2, 0.25) is 0 Å². The summed E-state index contributed by atoms with van der Waals surface area (Å²) in [5, 5.41) is 19.9. The molecular formula is C26H28N2P2PdS2+2. The molecule has 0 atom stereocenters. The van der Waals surface area contributed by atoms with Crippen LogP contribution in [-0.2, 0) is 45.7 Å². The molecule has 0 saturated carbocycles. The number of benzene rings is 2. The van der Waals surface area contributed by atoms with Crippen molar-refractivity contribution in [3.8, 4) is 10.8 Å². The minimum atomic E-state index is -0.511. The van der Waals surface area contributed by atoms with Crippen LogP contribution in [0.3, 0.4) is 0 Å². The molecule has 0 saturated heterocycles. The number of nitrogens with zero attached hydrogens (tertiary/aromatic N) is 2. The summed E-state index contributed by atoms with van der Waals surface area (Å²) in [5.74, 6) is 9.70. The van der Waals surface area contributed by atoms with Gasteiger partial charge in [-0.1, -0.05) is 47.2 Å². The summed E-state index contributed by atoms with van der Waals surface area (Å²) in [4.78, 5) is 0. The van der Waals surface area contributed by atoms with E-state index in [1.54, 1.807) is 0 Å². The van der Waals surface area contributed by atoms with Crippen molar-refractivity contribution in [2.24, 2.45) is 0 Å². The quantitative estimate of drug-likeness (QED) is 0.166. The number of rotatable bonds is 2. The van der Waals surface area contributed by atoms with Gasteiger partial charge in [0.05, 0.1) is 39.1 Å². The van der Waals surface area contributed by atoms with Gasteiger partial charge in [0.1, 0.15) is 10.6 Å². The Labute approximate surface area is 226 Å². The first-order valence-corrected chi connectivity index (χ1v) is 14.1. The molecule has 0 N–H and O–H groups in total. The minimum absolute atomic E-state index is 0. The molecule has 0 radical (unpaired) electrons. The Balaban J connectivity index is 0.000000491. The molecule has 0 aromatic heterocycles. The Bertz CT molecular complexity index is 943. The van der Waals surface area contributed by atoms with Crippen molar-refractivity contribution >= 4 is 51.7 Å². The zero-order valence-corrected chi connectivity index (χ0v) is 24.3. The normalized spacial score (nSPS) is 13.9. The predicted octanol–water partition coefficient (Wildman–Crippen LogP) is 6.72. The third kappa shape index (κ3) is 11.3. The van der Waals surface area contributed by atoms with Gasteiger partial charge >= 0.3 is 20.4 Å². The molecule has 2 aromatic rings. The number of hydrogen-bond acceptors (Lipinski definition) is 4. The maximum Gasteiger partial charge on any atom is 2.00 e. The van der Waals surface area contributed by atoms with Crippen LogP contribution in [0.15, 0.2) is 106 Å². The van der Waals surface area contributed by atoms with Crippen LogP contribution in [0.25, 0.3) is 0 Å². The molecule has 0 amide bonds. The zero-order chi connectivity index (χ0) is 23.9. The van der Waals surface area contributed by atoms with Crippen LogP contribution in [0.2, 0.25) is 0 Å². The van der Waals surface area contributed by atoms with E-state index in [9.17, 15) is 0 Å². The smallest absolute Gasteiger partial charge is 0.696 e. The Morgan fingerprint density at radius 3 is 0.970 bits per heavy atom. The van der Waals surface area contributed by atoms with E-state index in [0.717, 1.165) is 0 Å². The molecular weight excluding hydrogens is 573 g/mol. The number of hydrogen-bond donors (Lipinski definition) is 0. The summed E-state index contributed by atoms with van der Waals surface area (Å²) < 4.78 is 0. The second kappa shape index (κ2) is 17.8. The van der Waals surface area contributed by atoms with Crippen LogP contribution in [0.1, 0.15) is 27.7 Å². The van der Waals surface area contributed by atoms with Gasteiger partial charge in [0.15, 0.2) is 0 Å². The average Bonchev–Trinajstić information content (AvgIpc) is 3.32. The first kappa shape index (κ1) is 31.3. The molecule has 2 aliphatic rings. The van der Waals surface area contributed by atoms with Crippen molar-refractivity contribution in [1.29, 1.82) is 10.5 Å². The van der Waals surface area contributed by atoms with E-state index in [1.807, 2.05) is 0 Å². The van der Waals surface area contributed by atoms with E-state index in [1.165, 1.54) is 43.7 Å². The predicted molar refractivity (Wildman–Crippen MR) is 150 cm³/mol. The van der Waals surface area contributed by atoms with Crippen molar-refractivity contribution in [1.82, 2.24) is 0 Å². The van der Waals surface area contributed by atoms with Crippen LogP contribution in [0, 0.1) is 21.3 Å². The van der Waals surface area contributed by atoms with Crippen molar-refractivity contribution in [2.75, 3.05) is 0 Å². The second-order valence-corrected chi connectivity index (χ2v) is 11.6. The molecule has 0 aliphatic carbocycles. The Morgan fingerprint density at radius 2 is 0.758 bits per heavy atom. The molecule has 2 heterocycles. The largest absolute Gasteiger partial charge is 2.00 e. The number of thiocyanates is 2. The maximum atomic E-state index is 7.13. The van der Waals surface area contributed by atoms with E-state index in [-0.39, 0.29) is 20.4 Å². The van der Waals surface area contributed by atoms with Gasteiger partial charge in [0.25, 0.3) is 0 Å². The fourth-order valence-corrected chi connectivity index (χ4v) is 7.83. The van der Waals surface area contributed by atoms with Gasteiger partial charge in [-0.15, -0.1) is 0 Å². The summed E-state index contributed by atoms with van der Waals surface area (Å²) in [6, 6.07) is 21.6.